The maximum absolute atomic E-state index is 8.88. The van der Waals surface area contributed by atoms with Crippen molar-refractivity contribution in [2.45, 2.75) is 27.7 Å². The first kappa shape index (κ1) is 40.3. The van der Waals surface area contributed by atoms with E-state index in [0.29, 0.717) is 40.6 Å². The quantitative estimate of drug-likeness (QED) is 0.147. The molecule has 12 aromatic rings. The predicted molar refractivity (Wildman–Crippen MR) is 272 cm³/mol. The molecule has 5 heterocycles. The highest BCUT2D eigenvalue weighted by Gasteiger charge is 2.24. The van der Waals surface area contributed by atoms with Crippen LogP contribution in [0.25, 0.3) is 116 Å². The first-order valence-electron chi connectivity index (χ1n) is 22.4. The minimum Gasteiger partial charge on any atom is -0.308 e. The van der Waals surface area contributed by atoms with Gasteiger partial charge in [-0.2, -0.15) is 0 Å². The molecule has 0 aliphatic rings. The van der Waals surface area contributed by atoms with E-state index in [9.17, 15) is 0 Å². The van der Waals surface area contributed by atoms with Crippen LogP contribution in [0.2, 0.25) is 0 Å². The molecule has 0 saturated heterocycles. The van der Waals surface area contributed by atoms with Gasteiger partial charge in [-0.15, -0.1) is 0 Å². The molecule has 0 N–H and O–H groups in total. The van der Waals surface area contributed by atoms with Crippen LogP contribution in [0.15, 0.2) is 170 Å². The Balaban J connectivity index is 1.18. The average molecular weight is 877 g/mol. The van der Waals surface area contributed by atoms with Crippen LogP contribution in [0.1, 0.15) is 23.3 Å². The van der Waals surface area contributed by atoms with Crippen molar-refractivity contribution in [1.82, 2.24) is 44.0 Å². The van der Waals surface area contributed by atoms with Crippen LogP contribution in [-0.4, -0.2) is 44.0 Å². The lowest BCUT2D eigenvalue weighted by Gasteiger charge is -2.20. The minimum atomic E-state index is 0.510. The predicted octanol–water partition coefficient (Wildman–Crippen LogP) is 13.8. The van der Waals surface area contributed by atoms with Gasteiger partial charge in [-0.1, -0.05) is 97.1 Å². The molecule has 0 fully saturated rings. The van der Waals surface area contributed by atoms with E-state index >= 15 is 0 Å². The molecule has 5 aromatic heterocycles. The summed E-state index contributed by atoms with van der Waals surface area (Å²) >= 11 is 0. The summed E-state index contributed by atoms with van der Waals surface area (Å²) in [5.74, 6) is 3.94. The number of pyridine rings is 1. The fraction of sp³-hybridized carbons (Fsp3) is 0.0690. The van der Waals surface area contributed by atoms with E-state index in [2.05, 4.69) is 157 Å². The second kappa shape index (κ2) is 16.0. The van der Waals surface area contributed by atoms with Crippen molar-refractivity contribution in [3.8, 4) is 67.8 Å². The van der Waals surface area contributed by atoms with Gasteiger partial charge in [0.2, 0.25) is 0 Å². The third-order valence-electron chi connectivity index (χ3n) is 12.6. The molecule has 68 heavy (non-hydrogen) atoms. The fourth-order valence-electron chi connectivity index (χ4n) is 9.68. The van der Waals surface area contributed by atoms with Gasteiger partial charge in [-0.25, -0.2) is 39.7 Å². The van der Waals surface area contributed by atoms with Crippen molar-refractivity contribution in [2.75, 3.05) is 0 Å². The Morgan fingerprint density at radius 2 is 0.765 bits per heavy atom. The summed E-state index contributed by atoms with van der Waals surface area (Å²) in [6, 6.07) is 58.7. The lowest BCUT2D eigenvalue weighted by Crippen LogP contribution is -2.04. The highest BCUT2D eigenvalue weighted by molar-refractivity contribution is 6.13. The standard InChI is InChI=1S/C58H40N10/c1-34-60-35(2)63-57(62-34)40-24-26-53-46(28-40)43-20-12-14-22-51(43)67(53)55-32-45(42-30-48(38-16-8-6-9-17-38)66-49(31-42)39-18-10-7-11-19-39)50(59-5)33-56(55)68-52-23-15-13-21-44(52)47-29-41(25-27-54(47)68)58-64-36(3)61-37(4)65-58/h6-33H,1-4H3. The molecule has 12 rings (SSSR count). The van der Waals surface area contributed by atoms with Crippen molar-refractivity contribution >= 4 is 49.3 Å². The Morgan fingerprint density at radius 1 is 0.353 bits per heavy atom. The normalized spacial score (nSPS) is 11.5. The van der Waals surface area contributed by atoms with Gasteiger partial charge in [0.1, 0.15) is 23.3 Å². The smallest absolute Gasteiger partial charge is 0.197 e. The molecule has 322 valence electrons. The summed E-state index contributed by atoms with van der Waals surface area (Å²) in [5.41, 5.74) is 13.3. The molecular weight excluding hydrogens is 837 g/mol. The van der Waals surface area contributed by atoms with Crippen molar-refractivity contribution in [2.24, 2.45) is 0 Å². The number of benzene rings is 7. The Kier molecular flexibility index (Phi) is 9.51. The zero-order valence-corrected chi connectivity index (χ0v) is 37.6. The van der Waals surface area contributed by atoms with Crippen LogP contribution in [0.5, 0.6) is 0 Å². The molecule has 7 aromatic carbocycles. The van der Waals surface area contributed by atoms with Gasteiger partial charge >= 0.3 is 0 Å². The molecule has 0 amide bonds. The second-order valence-electron chi connectivity index (χ2n) is 17.0. The third-order valence-corrected chi connectivity index (χ3v) is 12.6. The largest absolute Gasteiger partial charge is 0.308 e. The van der Waals surface area contributed by atoms with Gasteiger partial charge in [-0.05, 0) is 112 Å². The molecule has 10 heteroatoms. The van der Waals surface area contributed by atoms with Crippen LogP contribution in [0.3, 0.4) is 0 Å². The van der Waals surface area contributed by atoms with Gasteiger partial charge in [0, 0.05) is 43.8 Å². The molecular formula is C58H40N10. The number of fused-ring (bicyclic) bond motifs is 6. The summed E-state index contributed by atoms with van der Waals surface area (Å²) in [6.07, 6.45) is 0. The molecule has 0 radical (unpaired) electrons. The lowest BCUT2D eigenvalue weighted by molar-refractivity contribution is 0.928. The van der Waals surface area contributed by atoms with Gasteiger partial charge in [-0.3, -0.25) is 0 Å². The van der Waals surface area contributed by atoms with Crippen molar-refractivity contribution in [1.29, 1.82) is 0 Å². The summed E-state index contributed by atoms with van der Waals surface area (Å²) in [6.45, 7) is 16.5. The number of nitrogens with zero attached hydrogens (tertiary/aromatic N) is 10. The second-order valence-corrected chi connectivity index (χ2v) is 17.0. The Hall–Kier alpha value is -9.20. The zero-order chi connectivity index (χ0) is 46.0. The molecule has 0 saturated carbocycles. The van der Waals surface area contributed by atoms with Crippen molar-refractivity contribution in [3.63, 3.8) is 0 Å². The minimum absolute atomic E-state index is 0.510. The van der Waals surface area contributed by atoms with Gasteiger partial charge in [0.05, 0.1) is 51.4 Å². The molecule has 0 unspecified atom stereocenters. The number of hydrogen-bond acceptors (Lipinski definition) is 7. The number of aryl methyl sites for hydroxylation is 4. The summed E-state index contributed by atoms with van der Waals surface area (Å²) in [7, 11) is 0. The first-order valence-corrected chi connectivity index (χ1v) is 22.4. The van der Waals surface area contributed by atoms with E-state index in [1.807, 2.05) is 64.1 Å². The van der Waals surface area contributed by atoms with Crippen LogP contribution >= 0.6 is 0 Å². The highest BCUT2D eigenvalue weighted by atomic mass is 15.1. The van der Waals surface area contributed by atoms with Crippen LogP contribution < -0.4 is 0 Å². The van der Waals surface area contributed by atoms with Crippen LogP contribution in [-0.2, 0) is 0 Å². The first-order chi connectivity index (χ1) is 33.3. The molecule has 0 aliphatic heterocycles. The van der Waals surface area contributed by atoms with E-state index in [-0.39, 0.29) is 0 Å². The van der Waals surface area contributed by atoms with Crippen LogP contribution in [0.4, 0.5) is 5.69 Å². The maximum atomic E-state index is 8.88. The van der Waals surface area contributed by atoms with Crippen molar-refractivity contribution in [3.05, 3.63) is 205 Å². The van der Waals surface area contributed by atoms with Crippen molar-refractivity contribution < 1.29 is 0 Å². The summed E-state index contributed by atoms with van der Waals surface area (Å²) in [5, 5.41) is 4.23. The molecule has 10 nitrogen and oxygen atoms in total. The molecule has 0 bridgehead atoms. The van der Waals surface area contributed by atoms with Gasteiger partial charge < -0.3 is 9.13 Å². The number of hydrogen-bond donors (Lipinski definition) is 0. The Bertz CT molecular complexity index is 3930. The Labute approximate surface area is 391 Å². The molecule has 0 aliphatic carbocycles. The molecule has 0 atom stereocenters. The summed E-state index contributed by atoms with van der Waals surface area (Å²) < 4.78 is 4.64. The Morgan fingerprint density at radius 3 is 1.22 bits per heavy atom. The van der Waals surface area contributed by atoms with Gasteiger partial charge in [0.25, 0.3) is 0 Å². The monoisotopic (exact) mass is 876 g/mol. The summed E-state index contributed by atoms with van der Waals surface area (Å²) in [4.78, 5) is 37.4. The average Bonchev–Trinajstić information content (AvgIpc) is 3.88. The van der Waals surface area contributed by atoms with E-state index in [0.717, 1.165) is 99.8 Å². The molecule has 0 spiro atoms. The zero-order valence-electron chi connectivity index (χ0n) is 37.6. The van der Waals surface area contributed by atoms with E-state index in [1.165, 1.54) is 0 Å². The highest BCUT2D eigenvalue weighted by Crippen LogP contribution is 2.45. The number of para-hydroxylation sites is 2. The van der Waals surface area contributed by atoms with Crippen LogP contribution in [0, 0.1) is 34.3 Å². The maximum Gasteiger partial charge on any atom is 0.197 e. The van der Waals surface area contributed by atoms with E-state index < -0.39 is 0 Å². The fourth-order valence-corrected chi connectivity index (χ4v) is 9.68. The van der Waals surface area contributed by atoms with Gasteiger partial charge in [0.15, 0.2) is 17.3 Å². The number of rotatable bonds is 7. The SMILES string of the molecule is [C-]#[N+]c1cc(-n2c3ccccc3c3cc(-c4nc(C)nc(C)n4)ccc32)c(-n2c3ccccc3c3cc(-c4nc(C)nc(C)n4)ccc32)cc1-c1cc(-c2ccccc2)nc(-c2ccccc2)c1. The lowest BCUT2D eigenvalue weighted by atomic mass is 9.97. The van der Waals surface area contributed by atoms with E-state index in [1.54, 1.807) is 0 Å². The number of aromatic nitrogens is 9. The third kappa shape index (κ3) is 6.84. The topological polar surface area (TPSA) is 104 Å². The van der Waals surface area contributed by atoms with E-state index in [4.69, 9.17) is 31.5 Å².